The summed E-state index contributed by atoms with van der Waals surface area (Å²) >= 11 is 0. The van der Waals surface area contributed by atoms with Crippen LogP contribution in [0.4, 0.5) is 0 Å². The van der Waals surface area contributed by atoms with Gasteiger partial charge in [-0.25, -0.2) is 0 Å². The lowest BCUT2D eigenvalue weighted by atomic mass is 9.89. The number of aryl methyl sites for hydroxylation is 1. The number of carbonyl (C=O) groups excluding carboxylic acids is 1. The largest absolute Gasteiger partial charge is 0.383 e. The maximum Gasteiger partial charge on any atom is 0.254 e. The number of nitrogens with zero attached hydrogens (tertiary/aromatic N) is 2. The average Bonchev–Trinajstić information content (AvgIpc) is 2.96. The summed E-state index contributed by atoms with van der Waals surface area (Å²) in [5.74, 6) is 1.50. The second-order valence-electron chi connectivity index (χ2n) is 6.63. The Morgan fingerprint density at radius 3 is 2.77 bits per heavy atom. The molecule has 22 heavy (non-hydrogen) atoms. The number of fused-ring (bicyclic) bond motifs is 1. The molecule has 3 rings (SSSR count). The molecule has 120 valence electrons. The fourth-order valence-corrected chi connectivity index (χ4v) is 3.82. The molecule has 1 aromatic carbocycles. The SMILES string of the molecule is COCCN1CC[C@@H]2CN(C(=O)c3ccccc3C)C[C@@H]2C1. The Morgan fingerprint density at radius 1 is 1.23 bits per heavy atom. The summed E-state index contributed by atoms with van der Waals surface area (Å²) in [6, 6.07) is 7.91. The Bertz CT molecular complexity index is 532. The third kappa shape index (κ3) is 3.18. The van der Waals surface area contributed by atoms with Gasteiger partial charge in [0.25, 0.3) is 5.91 Å². The number of likely N-dealkylation sites (tertiary alicyclic amines) is 2. The third-order valence-electron chi connectivity index (χ3n) is 5.16. The highest BCUT2D eigenvalue weighted by molar-refractivity contribution is 5.95. The van der Waals surface area contributed by atoms with Gasteiger partial charge in [-0.15, -0.1) is 0 Å². The zero-order valence-corrected chi connectivity index (χ0v) is 13.6. The number of benzene rings is 1. The lowest BCUT2D eigenvalue weighted by molar-refractivity contribution is 0.0782. The first-order valence-corrected chi connectivity index (χ1v) is 8.25. The Kier molecular flexibility index (Phi) is 4.79. The van der Waals surface area contributed by atoms with Crippen LogP contribution in [0, 0.1) is 18.8 Å². The minimum atomic E-state index is 0.205. The summed E-state index contributed by atoms with van der Waals surface area (Å²) in [5.41, 5.74) is 1.93. The average molecular weight is 302 g/mol. The van der Waals surface area contributed by atoms with Gasteiger partial charge in [-0.1, -0.05) is 18.2 Å². The molecule has 4 heteroatoms. The normalized spacial score (nSPS) is 25.3. The summed E-state index contributed by atoms with van der Waals surface area (Å²) in [7, 11) is 1.75. The number of rotatable bonds is 4. The van der Waals surface area contributed by atoms with E-state index in [0.29, 0.717) is 11.8 Å². The molecular weight excluding hydrogens is 276 g/mol. The number of carbonyl (C=O) groups is 1. The highest BCUT2D eigenvalue weighted by Gasteiger charge is 2.38. The summed E-state index contributed by atoms with van der Waals surface area (Å²) in [4.78, 5) is 17.3. The molecule has 0 saturated carbocycles. The van der Waals surface area contributed by atoms with Gasteiger partial charge in [0, 0.05) is 38.9 Å². The molecule has 2 fully saturated rings. The van der Waals surface area contributed by atoms with Crippen LogP contribution in [0.5, 0.6) is 0 Å². The number of hydrogen-bond donors (Lipinski definition) is 0. The standard InChI is InChI=1S/C18H26N2O2/c1-14-5-3-4-6-17(14)18(21)20-12-15-7-8-19(9-10-22-2)11-16(15)13-20/h3-6,15-16H,7-13H2,1-2H3/t15-,16+/m1/s1. The monoisotopic (exact) mass is 302 g/mol. The molecule has 0 bridgehead atoms. The van der Waals surface area contributed by atoms with E-state index in [2.05, 4.69) is 9.80 Å². The number of piperidine rings is 1. The van der Waals surface area contributed by atoms with Crippen LogP contribution in [0.3, 0.4) is 0 Å². The topological polar surface area (TPSA) is 32.8 Å². The van der Waals surface area contributed by atoms with Crippen molar-refractivity contribution in [3.05, 3.63) is 35.4 Å². The second kappa shape index (κ2) is 6.80. The van der Waals surface area contributed by atoms with Crippen LogP contribution in [0.1, 0.15) is 22.3 Å². The van der Waals surface area contributed by atoms with Gasteiger partial charge in [0.1, 0.15) is 0 Å². The van der Waals surface area contributed by atoms with Crippen LogP contribution in [0.25, 0.3) is 0 Å². The van der Waals surface area contributed by atoms with Gasteiger partial charge in [0.15, 0.2) is 0 Å². The van der Waals surface area contributed by atoms with Crippen molar-refractivity contribution in [1.29, 1.82) is 0 Å². The van der Waals surface area contributed by atoms with Crippen LogP contribution in [0.2, 0.25) is 0 Å². The quantitative estimate of drug-likeness (QED) is 0.853. The molecule has 2 saturated heterocycles. The van der Waals surface area contributed by atoms with E-state index in [4.69, 9.17) is 4.74 Å². The highest BCUT2D eigenvalue weighted by Crippen LogP contribution is 2.32. The van der Waals surface area contributed by atoms with E-state index in [1.165, 1.54) is 6.42 Å². The van der Waals surface area contributed by atoms with Gasteiger partial charge in [-0.3, -0.25) is 4.79 Å². The molecule has 2 aliphatic rings. The van der Waals surface area contributed by atoms with Crippen LogP contribution < -0.4 is 0 Å². The van der Waals surface area contributed by atoms with Crippen molar-refractivity contribution >= 4 is 5.91 Å². The molecule has 0 spiro atoms. The number of amides is 1. The van der Waals surface area contributed by atoms with Crippen LogP contribution in [-0.2, 0) is 4.74 Å². The van der Waals surface area contributed by atoms with Crippen LogP contribution >= 0.6 is 0 Å². The molecule has 4 nitrogen and oxygen atoms in total. The first-order chi connectivity index (χ1) is 10.7. The fraction of sp³-hybridized carbons (Fsp3) is 0.611. The van der Waals surface area contributed by atoms with E-state index in [-0.39, 0.29) is 5.91 Å². The van der Waals surface area contributed by atoms with E-state index in [0.717, 1.165) is 50.5 Å². The minimum Gasteiger partial charge on any atom is -0.383 e. The molecule has 1 amide bonds. The van der Waals surface area contributed by atoms with Crippen LogP contribution in [-0.4, -0.2) is 62.1 Å². The first kappa shape index (κ1) is 15.5. The van der Waals surface area contributed by atoms with Crippen molar-refractivity contribution in [3.8, 4) is 0 Å². The maximum absolute atomic E-state index is 12.8. The van der Waals surface area contributed by atoms with Crippen molar-refractivity contribution in [1.82, 2.24) is 9.80 Å². The number of ether oxygens (including phenoxy) is 1. The van der Waals surface area contributed by atoms with Crippen molar-refractivity contribution in [2.45, 2.75) is 13.3 Å². The predicted molar refractivity (Wildman–Crippen MR) is 87.0 cm³/mol. The maximum atomic E-state index is 12.8. The molecule has 0 N–H and O–H groups in total. The highest BCUT2D eigenvalue weighted by atomic mass is 16.5. The molecule has 1 aromatic rings. The second-order valence-corrected chi connectivity index (χ2v) is 6.63. The van der Waals surface area contributed by atoms with Crippen LogP contribution in [0.15, 0.2) is 24.3 Å². The zero-order valence-electron chi connectivity index (χ0n) is 13.6. The Labute approximate surface area is 133 Å². The van der Waals surface area contributed by atoms with Gasteiger partial charge >= 0.3 is 0 Å². The molecular formula is C18H26N2O2. The van der Waals surface area contributed by atoms with Gasteiger partial charge < -0.3 is 14.5 Å². The Morgan fingerprint density at radius 2 is 2.00 bits per heavy atom. The molecule has 0 unspecified atom stereocenters. The van der Waals surface area contributed by atoms with Gasteiger partial charge in [0.2, 0.25) is 0 Å². The molecule has 0 aromatic heterocycles. The van der Waals surface area contributed by atoms with E-state index < -0.39 is 0 Å². The van der Waals surface area contributed by atoms with Crippen molar-refractivity contribution in [2.75, 3.05) is 46.4 Å². The van der Waals surface area contributed by atoms with Gasteiger partial charge in [0.05, 0.1) is 6.61 Å². The molecule has 2 atom stereocenters. The molecule has 0 radical (unpaired) electrons. The summed E-state index contributed by atoms with van der Waals surface area (Å²) < 4.78 is 5.18. The van der Waals surface area contributed by atoms with Gasteiger partial charge in [-0.2, -0.15) is 0 Å². The lowest BCUT2D eigenvalue weighted by Gasteiger charge is -2.33. The molecule has 2 heterocycles. The Hall–Kier alpha value is -1.39. The lowest BCUT2D eigenvalue weighted by Crippen LogP contribution is -2.41. The van der Waals surface area contributed by atoms with Gasteiger partial charge in [-0.05, 0) is 43.4 Å². The number of hydrogen-bond acceptors (Lipinski definition) is 3. The predicted octanol–water partition coefficient (Wildman–Crippen LogP) is 2.04. The zero-order chi connectivity index (χ0) is 15.5. The summed E-state index contributed by atoms with van der Waals surface area (Å²) in [5, 5.41) is 0. The third-order valence-corrected chi connectivity index (χ3v) is 5.16. The van der Waals surface area contributed by atoms with E-state index in [1.807, 2.05) is 31.2 Å². The molecule has 2 aliphatic heterocycles. The van der Waals surface area contributed by atoms with E-state index in [9.17, 15) is 4.79 Å². The summed E-state index contributed by atoms with van der Waals surface area (Å²) in [6.07, 6.45) is 1.20. The smallest absolute Gasteiger partial charge is 0.254 e. The Balaban J connectivity index is 1.62. The van der Waals surface area contributed by atoms with Crippen molar-refractivity contribution in [2.24, 2.45) is 11.8 Å². The molecule has 0 aliphatic carbocycles. The van der Waals surface area contributed by atoms with Crippen molar-refractivity contribution in [3.63, 3.8) is 0 Å². The number of methoxy groups -OCH3 is 1. The first-order valence-electron chi connectivity index (χ1n) is 8.25. The van der Waals surface area contributed by atoms with Crippen molar-refractivity contribution < 1.29 is 9.53 Å². The summed E-state index contributed by atoms with van der Waals surface area (Å²) in [6.45, 7) is 7.89. The fourth-order valence-electron chi connectivity index (χ4n) is 3.82. The minimum absolute atomic E-state index is 0.205. The van der Waals surface area contributed by atoms with E-state index >= 15 is 0 Å². The van der Waals surface area contributed by atoms with E-state index in [1.54, 1.807) is 7.11 Å².